The molecule has 1 aliphatic rings. The molecule has 0 fully saturated rings. The summed E-state index contributed by atoms with van der Waals surface area (Å²) in [5.41, 5.74) is 3.92. The van der Waals surface area contributed by atoms with Gasteiger partial charge in [0.25, 0.3) is 5.91 Å². The van der Waals surface area contributed by atoms with Crippen LogP contribution in [0.2, 0.25) is 0 Å². The smallest absolute Gasteiger partial charge is 0.261 e. The molecule has 0 N–H and O–H groups in total. The summed E-state index contributed by atoms with van der Waals surface area (Å²) in [6, 6.07) is 12.2. The first-order valence-electron chi connectivity index (χ1n) is 9.47. The zero-order chi connectivity index (χ0) is 19.5. The highest BCUT2D eigenvalue weighted by Gasteiger charge is 2.31. The first-order valence-corrected chi connectivity index (χ1v) is 9.47. The van der Waals surface area contributed by atoms with Crippen molar-refractivity contribution in [1.29, 1.82) is 0 Å². The Balaban J connectivity index is 1.45. The number of carbonyl (C=O) groups excluding carboxylic acids is 1. The fraction of sp³-hybridized carbons (Fsp3) is 0.273. The SMILES string of the molecule is CC1Cc2ccccc2N1C(=O)c1cnc(N(C)CCc2ccncc2)nc1. The molecule has 1 amide bonds. The Morgan fingerprint density at radius 1 is 1.14 bits per heavy atom. The van der Waals surface area contributed by atoms with E-state index in [2.05, 4.69) is 27.9 Å². The number of carbonyl (C=O) groups is 1. The van der Waals surface area contributed by atoms with Crippen molar-refractivity contribution in [2.24, 2.45) is 0 Å². The van der Waals surface area contributed by atoms with Crippen LogP contribution in [0.1, 0.15) is 28.4 Å². The zero-order valence-electron chi connectivity index (χ0n) is 16.1. The van der Waals surface area contributed by atoms with E-state index in [1.54, 1.807) is 24.8 Å². The molecule has 3 aromatic rings. The Kier molecular flexibility index (Phi) is 5.02. The third-order valence-corrected chi connectivity index (χ3v) is 5.14. The quantitative estimate of drug-likeness (QED) is 0.688. The molecule has 6 nitrogen and oxygen atoms in total. The van der Waals surface area contributed by atoms with Crippen LogP contribution in [0.4, 0.5) is 11.6 Å². The van der Waals surface area contributed by atoms with Gasteiger partial charge in [-0.05, 0) is 49.1 Å². The highest BCUT2D eigenvalue weighted by Crippen LogP contribution is 2.32. The summed E-state index contributed by atoms with van der Waals surface area (Å²) >= 11 is 0. The minimum atomic E-state index is -0.0524. The van der Waals surface area contributed by atoms with E-state index in [0.717, 1.165) is 25.1 Å². The molecule has 28 heavy (non-hydrogen) atoms. The van der Waals surface area contributed by atoms with Crippen LogP contribution in [-0.4, -0.2) is 40.5 Å². The second kappa shape index (κ2) is 7.76. The van der Waals surface area contributed by atoms with Crippen LogP contribution in [0.25, 0.3) is 0 Å². The summed E-state index contributed by atoms with van der Waals surface area (Å²) < 4.78 is 0. The molecule has 0 bridgehead atoms. The number of hydrogen-bond donors (Lipinski definition) is 0. The van der Waals surface area contributed by atoms with Gasteiger partial charge in [0.1, 0.15) is 0 Å². The number of hydrogen-bond acceptors (Lipinski definition) is 5. The third-order valence-electron chi connectivity index (χ3n) is 5.14. The summed E-state index contributed by atoms with van der Waals surface area (Å²) in [6.07, 6.45) is 8.60. The van der Waals surface area contributed by atoms with Crippen LogP contribution in [0.3, 0.4) is 0 Å². The van der Waals surface area contributed by atoms with E-state index in [1.165, 1.54) is 11.1 Å². The molecule has 0 saturated carbocycles. The van der Waals surface area contributed by atoms with Gasteiger partial charge in [-0.2, -0.15) is 0 Å². The predicted molar refractivity (Wildman–Crippen MR) is 110 cm³/mol. The van der Waals surface area contributed by atoms with Crippen molar-refractivity contribution < 1.29 is 4.79 Å². The Labute approximate surface area is 164 Å². The molecule has 4 rings (SSSR count). The van der Waals surface area contributed by atoms with Crippen molar-refractivity contribution in [3.63, 3.8) is 0 Å². The second-order valence-corrected chi connectivity index (χ2v) is 7.16. The van der Waals surface area contributed by atoms with Crippen LogP contribution in [0.15, 0.2) is 61.2 Å². The van der Waals surface area contributed by atoms with E-state index in [-0.39, 0.29) is 11.9 Å². The maximum absolute atomic E-state index is 13.0. The number of nitrogens with zero attached hydrogens (tertiary/aromatic N) is 5. The van der Waals surface area contributed by atoms with E-state index < -0.39 is 0 Å². The highest BCUT2D eigenvalue weighted by molar-refractivity contribution is 6.07. The zero-order valence-corrected chi connectivity index (χ0v) is 16.1. The molecule has 3 heterocycles. The molecule has 1 aliphatic heterocycles. The molecule has 1 aromatic carbocycles. The van der Waals surface area contributed by atoms with Gasteiger partial charge < -0.3 is 9.80 Å². The Bertz CT molecular complexity index is 958. The molecule has 2 aromatic heterocycles. The average molecular weight is 373 g/mol. The fourth-order valence-electron chi connectivity index (χ4n) is 3.59. The second-order valence-electron chi connectivity index (χ2n) is 7.16. The molecule has 1 atom stereocenters. The van der Waals surface area contributed by atoms with Gasteiger partial charge in [0, 0.05) is 50.1 Å². The molecule has 1 unspecified atom stereocenters. The van der Waals surface area contributed by atoms with Crippen molar-refractivity contribution in [3.8, 4) is 0 Å². The molecule has 0 spiro atoms. The number of benzene rings is 1. The Hall–Kier alpha value is -3.28. The minimum absolute atomic E-state index is 0.0524. The van der Waals surface area contributed by atoms with Crippen LogP contribution < -0.4 is 9.80 Å². The maximum Gasteiger partial charge on any atom is 0.261 e. The molecular weight excluding hydrogens is 350 g/mol. The number of likely N-dealkylation sites (N-methyl/N-ethyl adjacent to an activating group) is 1. The minimum Gasteiger partial charge on any atom is -0.344 e. The lowest BCUT2D eigenvalue weighted by Gasteiger charge is -2.23. The first kappa shape index (κ1) is 18.1. The first-order chi connectivity index (χ1) is 13.6. The number of amides is 1. The number of anilines is 2. The van der Waals surface area contributed by atoms with Gasteiger partial charge >= 0.3 is 0 Å². The van der Waals surface area contributed by atoms with Crippen molar-refractivity contribution in [2.45, 2.75) is 25.8 Å². The van der Waals surface area contributed by atoms with E-state index >= 15 is 0 Å². The lowest BCUT2D eigenvalue weighted by molar-refractivity contribution is 0.0981. The summed E-state index contributed by atoms with van der Waals surface area (Å²) in [4.78, 5) is 29.7. The van der Waals surface area contributed by atoms with Gasteiger partial charge in [-0.15, -0.1) is 0 Å². The van der Waals surface area contributed by atoms with E-state index in [1.807, 2.05) is 47.2 Å². The number of aromatic nitrogens is 3. The number of pyridine rings is 1. The van der Waals surface area contributed by atoms with Crippen molar-refractivity contribution >= 4 is 17.5 Å². The lowest BCUT2D eigenvalue weighted by atomic mass is 10.1. The van der Waals surface area contributed by atoms with E-state index in [4.69, 9.17) is 0 Å². The number of fused-ring (bicyclic) bond motifs is 1. The van der Waals surface area contributed by atoms with Gasteiger partial charge in [0.15, 0.2) is 0 Å². The third kappa shape index (κ3) is 3.58. The normalized spacial score (nSPS) is 15.4. The standard InChI is InChI=1S/C22H23N5O/c1-16-13-18-5-3-4-6-20(18)27(16)21(28)19-14-24-22(25-15-19)26(2)12-9-17-7-10-23-11-8-17/h3-8,10-11,14-16H,9,12-13H2,1-2H3. The molecular formula is C22H23N5O. The van der Waals surface area contributed by atoms with Gasteiger partial charge in [0.05, 0.1) is 5.56 Å². The predicted octanol–water partition coefficient (Wildman–Crippen LogP) is 3.14. The highest BCUT2D eigenvalue weighted by atomic mass is 16.2. The van der Waals surface area contributed by atoms with Crippen molar-refractivity contribution in [1.82, 2.24) is 15.0 Å². The molecule has 6 heteroatoms. The topological polar surface area (TPSA) is 62.2 Å². The lowest BCUT2D eigenvalue weighted by Crippen LogP contribution is -2.36. The molecule has 0 aliphatic carbocycles. The van der Waals surface area contributed by atoms with Crippen molar-refractivity contribution in [2.75, 3.05) is 23.4 Å². The molecule has 142 valence electrons. The van der Waals surface area contributed by atoms with Crippen LogP contribution in [0.5, 0.6) is 0 Å². The van der Waals surface area contributed by atoms with Crippen LogP contribution in [0, 0.1) is 0 Å². The van der Waals surface area contributed by atoms with E-state index in [0.29, 0.717) is 11.5 Å². The van der Waals surface area contributed by atoms with Gasteiger partial charge in [0.2, 0.25) is 5.95 Å². The number of rotatable bonds is 5. The molecule has 0 radical (unpaired) electrons. The summed E-state index contributed by atoms with van der Waals surface area (Å²) in [5, 5.41) is 0. The van der Waals surface area contributed by atoms with Gasteiger partial charge in [-0.1, -0.05) is 18.2 Å². The summed E-state index contributed by atoms with van der Waals surface area (Å²) in [6.45, 7) is 2.86. The Morgan fingerprint density at radius 3 is 2.61 bits per heavy atom. The average Bonchev–Trinajstić information content (AvgIpc) is 3.08. The molecule has 0 saturated heterocycles. The summed E-state index contributed by atoms with van der Waals surface area (Å²) in [7, 11) is 1.96. The van der Waals surface area contributed by atoms with Crippen LogP contribution >= 0.6 is 0 Å². The van der Waals surface area contributed by atoms with Gasteiger partial charge in [-0.25, -0.2) is 9.97 Å². The summed E-state index contributed by atoms with van der Waals surface area (Å²) in [5.74, 6) is 0.559. The monoisotopic (exact) mass is 373 g/mol. The van der Waals surface area contributed by atoms with Crippen molar-refractivity contribution in [3.05, 3.63) is 77.9 Å². The number of para-hydroxylation sites is 1. The maximum atomic E-state index is 13.0. The Morgan fingerprint density at radius 2 is 1.86 bits per heavy atom. The fourth-order valence-corrected chi connectivity index (χ4v) is 3.59. The van der Waals surface area contributed by atoms with E-state index in [9.17, 15) is 4.79 Å². The van der Waals surface area contributed by atoms with Gasteiger partial charge in [-0.3, -0.25) is 9.78 Å². The van der Waals surface area contributed by atoms with Crippen LogP contribution in [-0.2, 0) is 12.8 Å². The largest absolute Gasteiger partial charge is 0.344 e.